The number of carbonyl (C=O) groups excluding carboxylic acids is 2. The molecule has 1 aliphatic heterocycles. The number of rotatable bonds is 55. The average molecular weight is 1100 g/mol. The van der Waals surface area contributed by atoms with Crippen LogP contribution in [0.25, 0.3) is 0 Å². The lowest BCUT2D eigenvalue weighted by Gasteiger charge is -2.40. The first kappa shape index (κ1) is 73.1. The summed E-state index contributed by atoms with van der Waals surface area (Å²) in [5, 5.41) is 54.1. The number of esters is 1. The highest BCUT2D eigenvalue weighted by atomic mass is 16.7. The van der Waals surface area contributed by atoms with E-state index < -0.39 is 49.5 Å². The van der Waals surface area contributed by atoms with Gasteiger partial charge in [0.25, 0.3) is 0 Å². The molecule has 0 saturated carbocycles. The number of amides is 1. The Labute approximate surface area is 477 Å². The minimum absolute atomic E-state index is 0.00924. The smallest absolute Gasteiger partial charge is 0.305 e. The van der Waals surface area contributed by atoms with Crippen LogP contribution in [0.2, 0.25) is 0 Å². The number of allylic oxidation sites excluding steroid dienone is 11. The molecule has 0 aromatic carbocycles. The quantitative estimate of drug-likeness (QED) is 0.0195. The Kier molecular flexibility index (Phi) is 52.5. The molecule has 7 unspecified atom stereocenters. The largest absolute Gasteiger partial charge is 0.466 e. The summed E-state index contributed by atoms with van der Waals surface area (Å²) < 4.78 is 16.7. The van der Waals surface area contributed by atoms with Crippen LogP contribution in [-0.4, -0.2) is 100 Å². The summed E-state index contributed by atoms with van der Waals surface area (Å²) in [5.74, 6) is -0.220. The molecule has 6 N–H and O–H groups in total. The maximum Gasteiger partial charge on any atom is 0.305 e. The first-order valence-electron chi connectivity index (χ1n) is 32.2. The van der Waals surface area contributed by atoms with E-state index in [2.05, 4.69) is 66.9 Å². The van der Waals surface area contributed by atoms with Crippen LogP contribution in [-0.2, 0) is 23.8 Å². The lowest BCUT2D eigenvalue weighted by Crippen LogP contribution is -2.60. The van der Waals surface area contributed by atoms with Crippen LogP contribution in [0.3, 0.4) is 0 Å². The van der Waals surface area contributed by atoms with Crippen LogP contribution in [0.1, 0.15) is 277 Å². The fraction of sp³-hybridized carbons (Fsp3) is 0.791. The highest BCUT2D eigenvalue weighted by Gasteiger charge is 2.44. The van der Waals surface area contributed by atoms with Crippen molar-refractivity contribution < 1.29 is 49.3 Å². The Hall–Kier alpha value is -2.90. The summed E-state index contributed by atoms with van der Waals surface area (Å²) in [6, 6.07) is -0.843. The monoisotopic (exact) mass is 1100 g/mol. The molecule has 0 aliphatic carbocycles. The van der Waals surface area contributed by atoms with Gasteiger partial charge in [-0.05, 0) is 110 Å². The van der Waals surface area contributed by atoms with Gasteiger partial charge >= 0.3 is 5.97 Å². The predicted octanol–water partition coefficient (Wildman–Crippen LogP) is 15.6. The minimum Gasteiger partial charge on any atom is -0.466 e. The van der Waals surface area contributed by atoms with Crippen LogP contribution in [0, 0.1) is 0 Å². The third-order valence-electron chi connectivity index (χ3n) is 14.8. The van der Waals surface area contributed by atoms with E-state index in [-0.39, 0.29) is 18.5 Å². The SMILES string of the molecule is C/C=C/CC/C=C/CC/C=C/C(O)C(COC1OC(CO)C(O)C(O)C1O)NC(=O)CCCCCCCCC/C=C\C/C=C\CCCCCCCCCCCOC(=O)CCCCCCCCC/C=C\CCCCCCCCC. The van der Waals surface area contributed by atoms with Crippen molar-refractivity contribution in [1.29, 1.82) is 0 Å². The molecule has 78 heavy (non-hydrogen) atoms. The molecule has 0 bridgehead atoms. The van der Waals surface area contributed by atoms with E-state index in [1.54, 1.807) is 6.08 Å². The third-order valence-corrected chi connectivity index (χ3v) is 14.8. The molecule has 452 valence electrons. The van der Waals surface area contributed by atoms with Crippen LogP contribution < -0.4 is 5.32 Å². The van der Waals surface area contributed by atoms with Crippen molar-refractivity contribution in [2.75, 3.05) is 19.8 Å². The molecule has 11 heteroatoms. The molecule has 0 aromatic rings. The zero-order valence-corrected chi connectivity index (χ0v) is 49.9. The lowest BCUT2D eigenvalue weighted by atomic mass is 9.99. The molecule has 1 rings (SSSR count). The van der Waals surface area contributed by atoms with Gasteiger partial charge < -0.3 is 45.1 Å². The maximum atomic E-state index is 13.0. The standard InChI is InChI=1S/C67H119NO10/c1-3-5-7-9-11-13-14-15-16-17-26-29-32-35-39-43-47-51-55-63(72)76-56-52-48-44-40-36-33-30-27-24-22-20-18-19-21-23-25-28-31-34-38-42-46-50-54-62(71)68-59(60(70)53-49-45-41-37-12-10-8-6-4-2)58-77-67-66(75)65(74)64(73)61(57-69)78-67/h4,6,12,16-18,20-21,23,37,49,53,59-61,64-67,69-70,73-75H,3,5,7-11,13-15,19,22,24-36,38-48,50-52,54-58H2,1-2H3,(H,68,71)/b6-4+,17-16-,20-18-,23-21-,37-12+,53-49+. The van der Waals surface area contributed by atoms with Gasteiger partial charge in [0.05, 0.1) is 32.0 Å². The number of nitrogens with one attached hydrogen (secondary N) is 1. The number of carbonyl (C=O) groups is 2. The molecular weight excluding hydrogens is 979 g/mol. The van der Waals surface area contributed by atoms with E-state index in [4.69, 9.17) is 14.2 Å². The van der Waals surface area contributed by atoms with E-state index in [9.17, 15) is 35.1 Å². The van der Waals surface area contributed by atoms with Gasteiger partial charge in [-0.2, -0.15) is 0 Å². The normalized spacial score (nSPS) is 19.0. The zero-order valence-electron chi connectivity index (χ0n) is 49.9. The fourth-order valence-corrected chi connectivity index (χ4v) is 9.73. The van der Waals surface area contributed by atoms with Gasteiger partial charge in [-0.3, -0.25) is 9.59 Å². The zero-order chi connectivity index (χ0) is 56.6. The van der Waals surface area contributed by atoms with E-state index in [1.165, 1.54) is 154 Å². The molecule has 7 atom stereocenters. The van der Waals surface area contributed by atoms with Crippen LogP contribution >= 0.6 is 0 Å². The molecule has 0 aromatic heterocycles. The Morgan fingerprint density at radius 2 is 0.923 bits per heavy atom. The number of unbranched alkanes of at least 4 members (excludes halogenated alkanes) is 32. The van der Waals surface area contributed by atoms with E-state index in [0.29, 0.717) is 25.9 Å². The first-order valence-corrected chi connectivity index (χ1v) is 32.2. The second-order valence-corrected chi connectivity index (χ2v) is 22.1. The highest BCUT2D eigenvalue weighted by molar-refractivity contribution is 5.76. The summed E-state index contributed by atoms with van der Waals surface area (Å²) in [6.45, 7) is 4.07. The summed E-state index contributed by atoms with van der Waals surface area (Å²) in [7, 11) is 0. The molecule has 1 saturated heterocycles. The number of hydrogen-bond acceptors (Lipinski definition) is 10. The predicted molar refractivity (Wildman–Crippen MR) is 324 cm³/mol. The summed E-state index contributed by atoms with van der Waals surface area (Å²) in [4.78, 5) is 25.1. The summed E-state index contributed by atoms with van der Waals surface area (Å²) in [5.41, 5.74) is 0. The van der Waals surface area contributed by atoms with Crippen LogP contribution in [0.5, 0.6) is 0 Å². The topological polar surface area (TPSA) is 175 Å². The van der Waals surface area contributed by atoms with E-state index in [1.807, 2.05) is 19.1 Å². The van der Waals surface area contributed by atoms with Gasteiger partial charge in [0.2, 0.25) is 5.91 Å². The number of aliphatic hydroxyl groups excluding tert-OH is 5. The van der Waals surface area contributed by atoms with Crippen LogP contribution in [0.4, 0.5) is 0 Å². The average Bonchev–Trinajstić information content (AvgIpc) is 3.43. The van der Waals surface area contributed by atoms with E-state index >= 15 is 0 Å². The molecule has 0 radical (unpaired) electrons. The van der Waals surface area contributed by atoms with Crippen molar-refractivity contribution in [3.63, 3.8) is 0 Å². The van der Waals surface area contributed by atoms with Crippen molar-refractivity contribution in [3.8, 4) is 0 Å². The summed E-state index contributed by atoms with van der Waals surface area (Å²) in [6.07, 6.45) is 64.8. The fourth-order valence-electron chi connectivity index (χ4n) is 9.73. The molecule has 1 fully saturated rings. The molecule has 11 nitrogen and oxygen atoms in total. The van der Waals surface area contributed by atoms with Gasteiger partial charge in [0, 0.05) is 12.8 Å². The van der Waals surface area contributed by atoms with Crippen molar-refractivity contribution in [2.24, 2.45) is 0 Å². The van der Waals surface area contributed by atoms with Crippen molar-refractivity contribution in [2.45, 2.75) is 320 Å². The molecule has 1 heterocycles. The minimum atomic E-state index is -1.58. The molecular formula is C67H119NO10. The van der Waals surface area contributed by atoms with Gasteiger partial charge in [-0.25, -0.2) is 0 Å². The highest BCUT2D eigenvalue weighted by Crippen LogP contribution is 2.23. The van der Waals surface area contributed by atoms with Crippen molar-refractivity contribution in [3.05, 3.63) is 72.9 Å². The number of aliphatic hydroxyl groups is 5. The molecule has 1 amide bonds. The second-order valence-electron chi connectivity index (χ2n) is 22.1. The van der Waals surface area contributed by atoms with Crippen LogP contribution in [0.15, 0.2) is 72.9 Å². The second kappa shape index (κ2) is 56.0. The molecule has 1 aliphatic rings. The number of ether oxygens (including phenoxy) is 3. The Balaban J connectivity index is 1.99. The van der Waals surface area contributed by atoms with Crippen molar-refractivity contribution >= 4 is 11.9 Å². The molecule has 0 spiro atoms. The van der Waals surface area contributed by atoms with Crippen molar-refractivity contribution in [1.82, 2.24) is 5.32 Å². The van der Waals surface area contributed by atoms with Gasteiger partial charge in [0.1, 0.15) is 24.4 Å². The Bertz CT molecular complexity index is 1520. The Morgan fingerprint density at radius 1 is 0.500 bits per heavy atom. The maximum absolute atomic E-state index is 13.0. The third kappa shape index (κ3) is 44.8. The lowest BCUT2D eigenvalue weighted by molar-refractivity contribution is -0.302. The Morgan fingerprint density at radius 3 is 1.42 bits per heavy atom. The first-order chi connectivity index (χ1) is 38.2. The van der Waals surface area contributed by atoms with Gasteiger partial charge in [-0.15, -0.1) is 0 Å². The van der Waals surface area contributed by atoms with E-state index in [0.717, 1.165) is 89.9 Å². The summed E-state index contributed by atoms with van der Waals surface area (Å²) >= 11 is 0. The number of hydrogen-bond donors (Lipinski definition) is 6. The van der Waals surface area contributed by atoms with Gasteiger partial charge in [-0.1, -0.05) is 228 Å². The van der Waals surface area contributed by atoms with Gasteiger partial charge in [0.15, 0.2) is 6.29 Å².